The Morgan fingerprint density at radius 1 is 1.38 bits per heavy atom. The highest BCUT2D eigenvalue weighted by atomic mass is 19.4. The summed E-state index contributed by atoms with van der Waals surface area (Å²) in [4.78, 5) is 21.5. The summed E-state index contributed by atoms with van der Waals surface area (Å²) in [5, 5.41) is 0. The zero-order chi connectivity index (χ0) is 12.3. The first-order valence-corrected chi connectivity index (χ1v) is 4.19. The topological polar surface area (TPSA) is 43.4 Å². The van der Waals surface area contributed by atoms with Gasteiger partial charge in [-0.1, -0.05) is 0 Å². The predicted molar refractivity (Wildman–Crippen MR) is 48.5 cm³/mol. The number of rotatable bonds is 3. The second-order valence-corrected chi connectivity index (χ2v) is 2.98. The molecule has 1 aromatic carbocycles. The lowest BCUT2D eigenvalue weighted by atomic mass is 10.1. The SMILES string of the molecule is CC(=O)c1cc(C=O)ccc1OC(F)(F)F. The average Bonchev–Trinajstić information content (AvgIpc) is 2.15. The van der Waals surface area contributed by atoms with Gasteiger partial charge in [-0.25, -0.2) is 0 Å². The molecule has 16 heavy (non-hydrogen) atoms. The first-order chi connectivity index (χ1) is 7.33. The number of carbonyl (C=O) groups is 2. The highest BCUT2D eigenvalue weighted by Gasteiger charge is 2.32. The zero-order valence-corrected chi connectivity index (χ0v) is 8.17. The maximum absolute atomic E-state index is 12.0. The highest BCUT2D eigenvalue weighted by molar-refractivity contribution is 5.98. The smallest absolute Gasteiger partial charge is 0.405 e. The van der Waals surface area contributed by atoms with Gasteiger partial charge in [0, 0.05) is 5.56 Å². The lowest BCUT2D eigenvalue weighted by Gasteiger charge is -2.11. The number of hydrogen-bond acceptors (Lipinski definition) is 3. The molecule has 0 saturated heterocycles. The standard InChI is InChI=1S/C10H7F3O3/c1-6(15)8-4-7(5-14)2-3-9(8)16-10(11,12)13/h2-5H,1H3. The van der Waals surface area contributed by atoms with Crippen LogP contribution in [0.3, 0.4) is 0 Å². The Morgan fingerprint density at radius 3 is 2.44 bits per heavy atom. The van der Waals surface area contributed by atoms with Crippen LogP contribution in [-0.4, -0.2) is 18.4 Å². The molecule has 0 fully saturated rings. The highest BCUT2D eigenvalue weighted by Crippen LogP contribution is 2.27. The number of alkyl halides is 3. The largest absolute Gasteiger partial charge is 0.573 e. The van der Waals surface area contributed by atoms with Gasteiger partial charge in [-0.3, -0.25) is 9.59 Å². The van der Waals surface area contributed by atoms with Gasteiger partial charge < -0.3 is 4.74 Å². The summed E-state index contributed by atoms with van der Waals surface area (Å²) in [5.41, 5.74) is -0.165. The molecular formula is C10H7F3O3. The Morgan fingerprint density at radius 2 is 2.00 bits per heavy atom. The van der Waals surface area contributed by atoms with Crippen molar-refractivity contribution in [2.24, 2.45) is 0 Å². The van der Waals surface area contributed by atoms with Crippen molar-refractivity contribution in [3.05, 3.63) is 29.3 Å². The van der Waals surface area contributed by atoms with Crippen molar-refractivity contribution >= 4 is 12.1 Å². The van der Waals surface area contributed by atoms with E-state index in [1.54, 1.807) is 0 Å². The van der Waals surface area contributed by atoms with Gasteiger partial charge in [-0.15, -0.1) is 13.2 Å². The predicted octanol–water partition coefficient (Wildman–Crippen LogP) is 2.60. The molecule has 0 radical (unpaired) electrons. The average molecular weight is 232 g/mol. The van der Waals surface area contributed by atoms with Gasteiger partial charge in [-0.05, 0) is 25.1 Å². The number of benzene rings is 1. The Labute approximate surface area is 88.8 Å². The van der Waals surface area contributed by atoms with Crippen molar-refractivity contribution in [1.82, 2.24) is 0 Å². The van der Waals surface area contributed by atoms with E-state index in [2.05, 4.69) is 4.74 Å². The van der Waals surface area contributed by atoms with Crippen molar-refractivity contribution in [1.29, 1.82) is 0 Å². The van der Waals surface area contributed by atoms with Crippen LogP contribution in [-0.2, 0) is 0 Å². The van der Waals surface area contributed by atoms with Gasteiger partial charge in [0.15, 0.2) is 5.78 Å². The van der Waals surface area contributed by atoms with Gasteiger partial charge in [0.2, 0.25) is 0 Å². The van der Waals surface area contributed by atoms with Crippen molar-refractivity contribution in [3.8, 4) is 5.75 Å². The molecule has 0 amide bonds. The molecule has 6 heteroatoms. The second kappa shape index (κ2) is 4.34. The quantitative estimate of drug-likeness (QED) is 0.594. The number of aldehydes is 1. The summed E-state index contributed by atoms with van der Waals surface area (Å²) >= 11 is 0. The molecule has 0 aliphatic carbocycles. The van der Waals surface area contributed by atoms with E-state index in [9.17, 15) is 22.8 Å². The molecule has 0 aliphatic heterocycles. The van der Waals surface area contributed by atoms with Crippen LogP contribution in [0.1, 0.15) is 27.6 Å². The first kappa shape index (κ1) is 12.2. The fraction of sp³-hybridized carbons (Fsp3) is 0.200. The third-order valence-electron chi connectivity index (χ3n) is 1.74. The van der Waals surface area contributed by atoms with Crippen molar-refractivity contribution in [3.63, 3.8) is 0 Å². The van der Waals surface area contributed by atoms with Gasteiger partial charge in [0.1, 0.15) is 12.0 Å². The molecule has 0 aromatic heterocycles. The first-order valence-electron chi connectivity index (χ1n) is 4.19. The van der Waals surface area contributed by atoms with E-state index >= 15 is 0 Å². The van der Waals surface area contributed by atoms with Crippen LogP contribution in [0.25, 0.3) is 0 Å². The fourth-order valence-electron chi connectivity index (χ4n) is 1.11. The lowest BCUT2D eigenvalue weighted by molar-refractivity contribution is -0.274. The summed E-state index contributed by atoms with van der Waals surface area (Å²) in [5.74, 6) is -1.21. The Bertz CT molecular complexity index is 424. The van der Waals surface area contributed by atoms with Crippen LogP contribution in [0.15, 0.2) is 18.2 Å². The van der Waals surface area contributed by atoms with E-state index in [0.717, 1.165) is 25.1 Å². The van der Waals surface area contributed by atoms with Crippen molar-refractivity contribution < 1.29 is 27.5 Å². The van der Waals surface area contributed by atoms with Crippen LogP contribution in [0.4, 0.5) is 13.2 Å². The third-order valence-corrected chi connectivity index (χ3v) is 1.74. The fourth-order valence-corrected chi connectivity index (χ4v) is 1.11. The molecule has 0 spiro atoms. The zero-order valence-electron chi connectivity index (χ0n) is 8.17. The van der Waals surface area contributed by atoms with Gasteiger partial charge in [0.05, 0.1) is 5.56 Å². The number of carbonyl (C=O) groups excluding carboxylic acids is 2. The molecule has 0 aliphatic rings. The maximum atomic E-state index is 12.0. The lowest BCUT2D eigenvalue weighted by Crippen LogP contribution is -2.18. The second-order valence-electron chi connectivity index (χ2n) is 2.98. The van der Waals surface area contributed by atoms with E-state index in [0.29, 0.717) is 6.29 Å². The van der Waals surface area contributed by atoms with Crippen molar-refractivity contribution in [2.75, 3.05) is 0 Å². The normalized spacial score (nSPS) is 11.0. The van der Waals surface area contributed by atoms with Crippen LogP contribution < -0.4 is 4.74 Å². The van der Waals surface area contributed by atoms with E-state index < -0.39 is 17.9 Å². The minimum Gasteiger partial charge on any atom is -0.405 e. The molecule has 0 heterocycles. The molecule has 3 nitrogen and oxygen atoms in total. The molecule has 0 bridgehead atoms. The Hall–Kier alpha value is -1.85. The van der Waals surface area contributed by atoms with E-state index in [1.165, 1.54) is 0 Å². The van der Waals surface area contributed by atoms with Gasteiger partial charge >= 0.3 is 6.36 Å². The number of ketones is 1. The molecule has 0 N–H and O–H groups in total. The van der Waals surface area contributed by atoms with Gasteiger partial charge in [0.25, 0.3) is 0 Å². The molecule has 1 aromatic rings. The summed E-state index contributed by atoms with van der Waals surface area (Å²) in [6.07, 6.45) is -4.43. The Kier molecular flexibility index (Phi) is 3.31. The number of ether oxygens (including phenoxy) is 1. The van der Waals surface area contributed by atoms with Crippen LogP contribution >= 0.6 is 0 Å². The van der Waals surface area contributed by atoms with Gasteiger partial charge in [-0.2, -0.15) is 0 Å². The van der Waals surface area contributed by atoms with Crippen LogP contribution in [0.5, 0.6) is 5.75 Å². The molecule has 86 valence electrons. The van der Waals surface area contributed by atoms with Crippen molar-refractivity contribution in [2.45, 2.75) is 13.3 Å². The number of Topliss-reactive ketones (excluding diaryl/α,β-unsaturated/α-hetero) is 1. The van der Waals surface area contributed by atoms with E-state index in [-0.39, 0.29) is 11.1 Å². The summed E-state index contributed by atoms with van der Waals surface area (Å²) < 4.78 is 39.5. The molecule has 0 unspecified atom stereocenters. The minimum absolute atomic E-state index is 0.111. The monoisotopic (exact) mass is 232 g/mol. The molecule has 0 saturated carbocycles. The summed E-state index contributed by atoms with van der Waals surface area (Å²) in [7, 11) is 0. The number of halogens is 3. The molecule has 0 atom stereocenters. The number of hydrogen-bond donors (Lipinski definition) is 0. The summed E-state index contributed by atoms with van der Waals surface area (Å²) in [6, 6.07) is 3.13. The minimum atomic E-state index is -4.87. The Balaban J connectivity index is 3.18. The van der Waals surface area contributed by atoms with E-state index in [1.807, 2.05) is 0 Å². The maximum Gasteiger partial charge on any atom is 0.573 e. The third kappa shape index (κ3) is 3.08. The summed E-state index contributed by atoms with van der Waals surface area (Å²) in [6.45, 7) is 1.09. The molecular weight excluding hydrogens is 225 g/mol. The van der Waals surface area contributed by atoms with Crippen LogP contribution in [0, 0.1) is 0 Å². The van der Waals surface area contributed by atoms with Crippen LogP contribution in [0.2, 0.25) is 0 Å². The van der Waals surface area contributed by atoms with E-state index in [4.69, 9.17) is 0 Å². The molecule has 1 rings (SSSR count).